The fourth-order valence-electron chi connectivity index (χ4n) is 6.57. The van der Waals surface area contributed by atoms with E-state index in [-0.39, 0.29) is 0 Å². The minimum absolute atomic E-state index is 0.371. The quantitative estimate of drug-likeness (QED) is 0.0329. The molecule has 1 amide bonds. The van der Waals surface area contributed by atoms with Gasteiger partial charge in [-0.25, -0.2) is 0 Å². The SMILES string of the molecule is CCCCCC=CCCCCCCCC(O)C(O)C(CO)NC(=O)C(O)CCCCCCCCCCCCCCCCCCCCCC. The molecule has 4 atom stereocenters. The van der Waals surface area contributed by atoms with E-state index >= 15 is 0 Å². The number of unbranched alkanes of at least 4 members (excludes halogenated alkanes) is 27. The number of nitrogens with one attached hydrogen (secondary N) is 1. The molecule has 0 radical (unpaired) electrons. The smallest absolute Gasteiger partial charge is 0.249 e. The van der Waals surface area contributed by atoms with E-state index in [1.165, 1.54) is 141 Å². The van der Waals surface area contributed by atoms with Crippen LogP contribution in [0.4, 0.5) is 0 Å². The van der Waals surface area contributed by atoms with Crippen LogP contribution in [0.2, 0.25) is 0 Å². The molecule has 0 heterocycles. The molecule has 0 saturated heterocycles. The van der Waals surface area contributed by atoms with E-state index in [0.717, 1.165) is 51.4 Å². The van der Waals surface area contributed by atoms with Crippen molar-refractivity contribution in [2.45, 2.75) is 244 Å². The summed E-state index contributed by atoms with van der Waals surface area (Å²) in [6.07, 6.45) is 39.5. The van der Waals surface area contributed by atoms with Gasteiger partial charge in [-0.2, -0.15) is 0 Å². The number of carbonyl (C=O) groups is 1. The fraction of sp³-hybridized carbons (Fsp3) is 0.929. The summed E-state index contributed by atoms with van der Waals surface area (Å²) in [4.78, 5) is 12.5. The Hall–Kier alpha value is -0.950. The Kier molecular flexibility index (Phi) is 36.6. The van der Waals surface area contributed by atoms with Crippen LogP contribution in [0.15, 0.2) is 12.2 Å². The van der Waals surface area contributed by atoms with Crippen LogP contribution < -0.4 is 5.32 Å². The average Bonchev–Trinajstić information content (AvgIpc) is 3.09. The number of aliphatic hydroxyl groups excluding tert-OH is 4. The largest absolute Gasteiger partial charge is 0.394 e. The highest BCUT2D eigenvalue weighted by Crippen LogP contribution is 2.16. The molecule has 0 aromatic rings. The third kappa shape index (κ3) is 31.1. The van der Waals surface area contributed by atoms with Crippen molar-refractivity contribution < 1.29 is 25.2 Å². The minimum atomic E-state index is -1.26. The number of carbonyl (C=O) groups excluding carboxylic acids is 1. The first-order valence-corrected chi connectivity index (χ1v) is 21.1. The summed E-state index contributed by atoms with van der Waals surface area (Å²) in [6, 6.07) is -0.985. The van der Waals surface area contributed by atoms with Crippen LogP contribution in [0.3, 0.4) is 0 Å². The molecular formula is C42H83NO5. The van der Waals surface area contributed by atoms with E-state index in [1.54, 1.807) is 0 Å². The molecule has 0 aliphatic heterocycles. The van der Waals surface area contributed by atoms with Crippen molar-refractivity contribution in [3.8, 4) is 0 Å². The Morgan fingerprint density at radius 3 is 1.25 bits per heavy atom. The summed E-state index contributed by atoms with van der Waals surface area (Å²) in [5.41, 5.74) is 0. The summed E-state index contributed by atoms with van der Waals surface area (Å²) in [5.74, 6) is -0.586. The van der Waals surface area contributed by atoms with E-state index in [0.29, 0.717) is 12.8 Å². The van der Waals surface area contributed by atoms with Crippen LogP contribution in [-0.4, -0.2) is 57.3 Å². The van der Waals surface area contributed by atoms with Gasteiger partial charge >= 0.3 is 0 Å². The van der Waals surface area contributed by atoms with E-state index in [9.17, 15) is 25.2 Å². The molecule has 0 aromatic carbocycles. The molecule has 6 heteroatoms. The lowest BCUT2D eigenvalue weighted by atomic mass is 9.99. The van der Waals surface area contributed by atoms with Gasteiger partial charge in [0.05, 0.1) is 18.8 Å². The monoisotopic (exact) mass is 682 g/mol. The molecule has 0 aromatic heterocycles. The summed E-state index contributed by atoms with van der Waals surface area (Å²) in [6.45, 7) is 4.02. The van der Waals surface area contributed by atoms with Crippen LogP contribution in [-0.2, 0) is 4.79 Å². The predicted octanol–water partition coefficient (Wildman–Crippen LogP) is 10.6. The maximum absolute atomic E-state index is 12.5. The number of hydrogen-bond acceptors (Lipinski definition) is 5. The number of aliphatic hydroxyl groups is 4. The first kappa shape index (κ1) is 47.0. The van der Waals surface area contributed by atoms with Gasteiger partial charge < -0.3 is 25.7 Å². The highest BCUT2D eigenvalue weighted by Gasteiger charge is 2.28. The topological polar surface area (TPSA) is 110 Å². The van der Waals surface area contributed by atoms with Gasteiger partial charge in [0.15, 0.2) is 0 Å². The Balaban J connectivity index is 3.71. The highest BCUT2D eigenvalue weighted by atomic mass is 16.3. The number of hydrogen-bond donors (Lipinski definition) is 5. The Morgan fingerprint density at radius 2 is 0.833 bits per heavy atom. The van der Waals surface area contributed by atoms with Gasteiger partial charge in [-0.1, -0.05) is 193 Å². The maximum atomic E-state index is 12.5. The van der Waals surface area contributed by atoms with E-state index in [2.05, 4.69) is 31.3 Å². The van der Waals surface area contributed by atoms with E-state index in [4.69, 9.17) is 0 Å². The lowest BCUT2D eigenvalue weighted by molar-refractivity contribution is -0.132. The summed E-state index contributed by atoms with van der Waals surface area (Å²) >= 11 is 0. The maximum Gasteiger partial charge on any atom is 0.249 e. The third-order valence-corrected chi connectivity index (χ3v) is 9.98. The zero-order chi connectivity index (χ0) is 35.3. The van der Waals surface area contributed by atoms with Gasteiger partial charge in [-0.05, 0) is 38.5 Å². The Morgan fingerprint density at radius 1 is 0.500 bits per heavy atom. The lowest BCUT2D eigenvalue weighted by Crippen LogP contribution is -2.53. The first-order valence-electron chi connectivity index (χ1n) is 21.1. The molecule has 0 fully saturated rings. The van der Waals surface area contributed by atoms with E-state index < -0.39 is 36.9 Å². The molecule has 0 spiro atoms. The van der Waals surface area contributed by atoms with Crippen LogP contribution >= 0.6 is 0 Å². The van der Waals surface area contributed by atoms with Crippen molar-refractivity contribution in [3.63, 3.8) is 0 Å². The number of amides is 1. The van der Waals surface area contributed by atoms with Crippen LogP contribution in [0.25, 0.3) is 0 Å². The van der Waals surface area contributed by atoms with Crippen molar-refractivity contribution in [2.24, 2.45) is 0 Å². The molecule has 4 unspecified atom stereocenters. The molecule has 0 bridgehead atoms. The lowest BCUT2D eigenvalue weighted by Gasteiger charge is -2.27. The second-order valence-electron chi connectivity index (χ2n) is 14.7. The highest BCUT2D eigenvalue weighted by molar-refractivity contribution is 5.80. The molecule has 0 rings (SSSR count). The van der Waals surface area contributed by atoms with Crippen molar-refractivity contribution in [1.82, 2.24) is 5.32 Å². The van der Waals surface area contributed by atoms with Gasteiger partial charge in [0.2, 0.25) is 5.91 Å². The average molecular weight is 682 g/mol. The summed E-state index contributed by atoms with van der Waals surface area (Å²) in [5, 5.41) is 43.5. The van der Waals surface area contributed by atoms with Crippen LogP contribution in [0.5, 0.6) is 0 Å². The standard InChI is InChI=1S/C42H83NO5/c1-3-5-7-9-11-13-15-17-18-19-20-21-22-23-24-26-28-30-32-34-36-40(46)42(48)43-38(37-44)41(47)39(45)35-33-31-29-27-25-16-14-12-10-8-6-4-2/h12,14,38-41,44-47H,3-11,13,15-37H2,1-2H3,(H,43,48). The van der Waals surface area contributed by atoms with Gasteiger partial charge in [-0.15, -0.1) is 0 Å². The molecule has 286 valence electrons. The molecule has 5 N–H and O–H groups in total. The summed E-state index contributed by atoms with van der Waals surface area (Å²) in [7, 11) is 0. The molecule has 0 saturated carbocycles. The fourth-order valence-corrected chi connectivity index (χ4v) is 6.57. The van der Waals surface area contributed by atoms with Crippen LogP contribution in [0, 0.1) is 0 Å². The van der Waals surface area contributed by atoms with Crippen molar-refractivity contribution >= 4 is 5.91 Å². The predicted molar refractivity (Wildman–Crippen MR) is 205 cm³/mol. The van der Waals surface area contributed by atoms with Gasteiger partial charge in [0, 0.05) is 0 Å². The zero-order valence-electron chi connectivity index (χ0n) is 32.0. The third-order valence-electron chi connectivity index (χ3n) is 9.98. The second-order valence-corrected chi connectivity index (χ2v) is 14.7. The minimum Gasteiger partial charge on any atom is -0.394 e. The zero-order valence-corrected chi connectivity index (χ0v) is 32.0. The van der Waals surface area contributed by atoms with E-state index in [1.807, 2.05) is 0 Å². The van der Waals surface area contributed by atoms with Crippen molar-refractivity contribution in [2.75, 3.05) is 6.61 Å². The van der Waals surface area contributed by atoms with Crippen molar-refractivity contribution in [1.29, 1.82) is 0 Å². The molecule has 0 aliphatic carbocycles. The Bertz CT molecular complexity index is 687. The second kappa shape index (κ2) is 37.3. The molecule has 48 heavy (non-hydrogen) atoms. The van der Waals surface area contributed by atoms with Gasteiger partial charge in [-0.3, -0.25) is 4.79 Å². The number of allylic oxidation sites excluding steroid dienone is 2. The molecule has 0 aliphatic rings. The van der Waals surface area contributed by atoms with Gasteiger partial charge in [0.25, 0.3) is 0 Å². The van der Waals surface area contributed by atoms with Crippen molar-refractivity contribution in [3.05, 3.63) is 12.2 Å². The normalized spacial score (nSPS) is 14.4. The summed E-state index contributed by atoms with van der Waals surface area (Å²) < 4.78 is 0. The molecular weight excluding hydrogens is 598 g/mol. The van der Waals surface area contributed by atoms with Gasteiger partial charge in [0.1, 0.15) is 12.2 Å². The Labute approximate surface area is 298 Å². The van der Waals surface area contributed by atoms with Crippen LogP contribution in [0.1, 0.15) is 219 Å². The number of rotatable bonds is 38. The molecule has 6 nitrogen and oxygen atoms in total. The first-order chi connectivity index (χ1) is 23.5.